The number of carbonyl (C=O) groups excluding carboxylic acids is 3. The number of rotatable bonds is 7. The van der Waals surface area contributed by atoms with Gasteiger partial charge in [-0.2, -0.15) is 0 Å². The molecular formula is C24H31N3O3. The Balaban J connectivity index is 2.06. The fraction of sp³-hybridized carbons (Fsp3) is 0.375. The van der Waals surface area contributed by atoms with E-state index in [2.05, 4.69) is 10.6 Å². The third-order valence-electron chi connectivity index (χ3n) is 5.11. The summed E-state index contributed by atoms with van der Waals surface area (Å²) < 4.78 is 0. The summed E-state index contributed by atoms with van der Waals surface area (Å²) in [6, 6.07) is 12.3. The van der Waals surface area contributed by atoms with Crippen LogP contribution in [0, 0.1) is 26.7 Å². The summed E-state index contributed by atoms with van der Waals surface area (Å²) in [5, 5.41) is 5.72. The molecule has 0 saturated heterocycles. The SMILES string of the molecule is Cc1ccccc1C(=O)NC(C(=O)N(C)CC(=O)Nc1c(C)cccc1C)C(C)C. The van der Waals surface area contributed by atoms with Gasteiger partial charge in [-0.1, -0.05) is 50.2 Å². The number of amides is 3. The van der Waals surface area contributed by atoms with Crippen LogP contribution in [0.1, 0.15) is 40.9 Å². The largest absolute Gasteiger partial charge is 0.340 e. The third-order valence-corrected chi connectivity index (χ3v) is 5.11. The Labute approximate surface area is 178 Å². The van der Waals surface area contributed by atoms with Crippen molar-refractivity contribution >= 4 is 23.4 Å². The number of anilines is 1. The van der Waals surface area contributed by atoms with Gasteiger partial charge in [-0.05, 0) is 49.4 Å². The molecule has 0 fully saturated rings. The molecule has 0 radical (unpaired) electrons. The number of hydrogen-bond donors (Lipinski definition) is 2. The molecule has 0 aliphatic carbocycles. The highest BCUT2D eigenvalue weighted by molar-refractivity contribution is 6.00. The summed E-state index contributed by atoms with van der Waals surface area (Å²) in [6.45, 7) is 9.33. The van der Waals surface area contributed by atoms with E-state index in [1.807, 2.05) is 65.0 Å². The Morgan fingerprint density at radius 2 is 1.47 bits per heavy atom. The average Bonchev–Trinajstić information content (AvgIpc) is 2.68. The highest BCUT2D eigenvalue weighted by Crippen LogP contribution is 2.19. The maximum atomic E-state index is 13.0. The zero-order chi connectivity index (χ0) is 22.4. The van der Waals surface area contributed by atoms with Crippen molar-refractivity contribution in [2.24, 2.45) is 5.92 Å². The Bertz CT molecular complexity index is 917. The lowest BCUT2D eigenvalue weighted by Crippen LogP contribution is -2.51. The van der Waals surface area contributed by atoms with Crippen LogP contribution in [-0.2, 0) is 9.59 Å². The van der Waals surface area contributed by atoms with Crippen molar-refractivity contribution in [3.05, 3.63) is 64.7 Å². The minimum atomic E-state index is -0.727. The molecule has 1 atom stereocenters. The van der Waals surface area contributed by atoms with Crippen LogP contribution in [0.3, 0.4) is 0 Å². The molecule has 6 nitrogen and oxygen atoms in total. The van der Waals surface area contributed by atoms with Crippen LogP contribution >= 0.6 is 0 Å². The van der Waals surface area contributed by atoms with Gasteiger partial charge in [0.05, 0.1) is 6.54 Å². The van der Waals surface area contributed by atoms with Gasteiger partial charge in [-0.25, -0.2) is 0 Å². The van der Waals surface area contributed by atoms with E-state index in [1.165, 1.54) is 4.90 Å². The van der Waals surface area contributed by atoms with Gasteiger partial charge in [0, 0.05) is 18.3 Å². The second-order valence-electron chi connectivity index (χ2n) is 8.02. The van der Waals surface area contributed by atoms with E-state index in [1.54, 1.807) is 19.2 Å². The molecule has 6 heteroatoms. The predicted octanol–water partition coefficient (Wildman–Crippen LogP) is 3.46. The van der Waals surface area contributed by atoms with Crippen molar-refractivity contribution in [1.29, 1.82) is 0 Å². The van der Waals surface area contributed by atoms with Crippen LogP contribution in [0.4, 0.5) is 5.69 Å². The highest BCUT2D eigenvalue weighted by atomic mass is 16.2. The van der Waals surface area contributed by atoms with Gasteiger partial charge in [-0.3, -0.25) is 14.4 Å². The first kappa shape index (κ1) is 23.1. The average molecular weight is 410 g/mol. The number of aryl methyl sites for hydroxylation is 3. The number of para-hydroxylation sites is 1. The summed E-state index contributed by atoms with van der Waals surface area (Å²) in [5.74, 6) is -1.01. The monoisotopic (exact) mass is 409 g/mol. The van der Waals surface area contributed by atoms with Gasteiger partial charge < -0.3 is 15.5 Å². The predicted molar refractivity (Wildman–Crippen MR) is 119 cm³/mol. The van der Waals surface area contributed by atoms with Gasteiger partial charge in [0.15, 0.2) is 0 Å². The molecule has 3 amide bonds. The topological polar surface area (TPSA) is 78.5 Å². The van der Waals surface area contributed by atoms with E-state index in [0.717, 1.165) is 22.4 Å². The van der Waals surface area contributed by atoms with Crippen molar-refractivity contribution in [2.45, 2.75) is 40.7 Å². The fourth-order valence-corrected chi connectivity index (χ4v) is 3.28. The second kappa shape index (κ2) is 10.1. The molecule has 0 bridgehead atoms. The van der Waals surface area contributed by atoms with Gasteiger partial charge >= 0.3 is 0 Å². The van der Waals surface area contributed by atoms with Crippen molar-refractivity contribution in [3.63, 3.8) is 0 Å². The van der Waals surface area contributed by atoms with Crippen LogP contribution in [0.15, 0.2) is 42.5 Å². The number of nitrogens with one attached hydrogen (secondary N) is 2. The molecule has 0 aliphatic rings. The van der Waals surface area contributed by atoms with Crippen LogP contribution < -0.4 is 10.6 Å². The third kappa shape index (κ3) is 5.69. The molecule has 0 saturated carbocycles. The molecule has 0 aliphatic heterocycles. The van der Waals surface area contributed by atoms with E-state index in [4.69, 9.17) is 0 Å². The molecular weight excluding hydrogens is 378 g/mol. The van der Waals surface area contributed by atoms with Crippen molar-refractivity contribution in [2.75, 3.05) is 18.9 Å². The van der Waals surface area contributed by atoms with Gasteiger partial charge in [0.2, 0.25) is 11.8 Å². The van der Waals surface area contributed by atoms with Crippen LogP contribution in [-0.4, -0.2) is 42.3 Å². The van der Waals surface area contributed by atoms with E-state index < -0.39 is 6.04 Å². The molecule has 2 rings (SSSR count). The Morgan fingerprint density at radius 1 is 0.900 bits per heavy atom. The molecule has 2 aromatic carbocycles. The number of benzene rings is 2. The minimum Gasteiger partial charge on any atom is -0.340 e. The first-order chi connectivity index (χ1) is 14.1. The second-order valence-corrected chi connectivity index (χ2v) is 8.02. The van der Waals surface area contributed by atoms with Crippen LogP contribution in [0.5, 0.6) is 0 Å². The minimum absolute atomic E-state index is 0.101. The lowest BCUT2D eigenvalue weighted by atomic mass is 10.0. The summed E-state index contributed by atoms with van der Waals surface area (Å²) in [6.07, 6.45) is 0. The quantitative estimate of drug-likeness (QED) is 0.735. The van der Waals surface area contributed by atoms with E-state index in [9.17, 15) is 14.4 Å². The maximum Gasteiger partial charge on any atom is 0.252 e. The maximum absolute atomic E-state index is 13.0. The zero-order valence-electron chi connectivity index (χ0n) is 18.6. The molecule has 0 aromatic heterocycles. The number of likely N-dealkylation sites (N-methyl/N-ethyl adjacent to an activating group) is 1. The first-order valence-corrected chi connectivity index (χ1v) is 10.1. The highest BCUT2D eigenvalue weighted by Gasteiger charge is 2.28. The van der Waals surface area contributed by atoms with E-state index >= 15 is 0 Å². The van der Waals surface area contributed by atoms with Crippen LogP contribution in [0.25, 0.3) is 0 Å². The molecule has 1 unspecified atom stereocenters. The van der Waals surface area contributed by atoms with Crippen molar-refractivity contribution in [1.82, 2.24) is 10.2 Å². The van der Waals surface area contributed by atoms with Crippen molar-refractivity contribution < 1.29 is 14.4 Å². The molecule has 0 heterocycles. The molecule has 0 spiro atoms. The summed E-state index contributed by atoms with van der Waals surface area (Å²) in [4.78, 5) is 39.5. The number of hydrogen-bond acceptors (Lipinski definition) is 3. The Morgan fingerprint density at radius 3 is 2.03 bits per heavy atom. The standard InChI is InChI=1S/C24H31N3O3/c1-15(2)21(26-23(29)19-13-8-7-10-16(19)3)24(30)27(6)14-20(28)25-22-17(4)11-9-12-18(22)5/h7-13,15,21H,14H2,1-6H3,(H,25,28)(H,26,29). The van der Waals surface area contributed by atoms with Crippen LogP contribution in [0.2, 0.25) is 0 Å². The number of nitrogens with zero attached hydrogens (tertiary/aromatic N) is 1. The smallest absolute Gasteiger partial charge is 0.252 e. The summed E-state index contributed by atoms with van der Waals surface area (Å²) in [7, 11) is 1.57. The molecule has 30 heavy (non-hydrogen) atoms. The summed E-state index contributed by atoms with van der Waals surface area (Å²) >= 11 is 0. The van der Waals surface area contributed by atoms with Gasteiger partial charge in [0.1, 0.15) is 6.04 Å². The normalized spacial score (nSPS) is 11.7. The van der Waals surface area contributed by atoms with Crippen molar-refractivity contribution in [3.8, 4) is 0 Å². The van der Waals surface area contributed by atoms with Gasteiger partial charge in [-0.15, -0.1) is 0 Å². The van der Waals surface area contributed by atoms with E-state index in [-0.39, 0.29) is 30.2 Å². The van der Waals surface area contributed by atoms with Gasteiger partial charge in [0.25, 0.3) is 5.91 Å². The zero-order valence-corrected chi connectivity index (χ0v) is 18.6. The Kier molecular flexibility index (Phi) is 7.75. The molecule has 160 valence electrons. The fourth-order valence-electron chi connectivity index (χ4n) is 3.28. The first-order valence-electron chi connectivity index (χ1n) is 10.1. The Hall–Kier alpha value is -3.15. The number of carbonyl (C=O) groups is 3. The molecule has 2 N–H and O–H groups in total. The van der Waals surface area contributed by atoms with E-state index in [0.29, 0.717) is 5.56 Å². The lowest BCUT2D eigenvalue weighted by molar-refractivity contribution is -0.135. The summed E-state index contributed by atoms with van der Waals surface area (Å²) in [5.41, 5.74) is 4.06. The lowest BCUT2D eigenvalue weighted by Gasteiger charge is -2.27. The molecule has 2 aromatic rings.